The summed E-state index contributed by atoms with van der Waals surface area (Å²) in [6.07, 6.45) is 2.94. The van der Waals surface area contributed by atoms with Crippen LogP contribution in [-0.4, -0.2) is 17.0 Å². The quantitative estimate of drug-likeness (QED) is 0.760. The average Bonchev–Trinajstić information content (AvgIpc) is 2.82. The average molecular weight is 387 g/mol. The molecule has 0 aliphatic rings. The first-order chi connectivity index (χ1) is 9.95. The second-order valence-electron chi connectivity index (χ2n) is 3.96. The summed E-state index contributed by atoms with van der Waals surface area (Å²) >= 11 is 10.4. The maximum atomic E-state index is 11.8. The van der Waals surface area contributed by atoms with Crippen molar-refractivity contribution in [3.63, 3.8) is 0 Å². The Morgan fingerprint density at radius 3 is 2.67 bits per heavy atom. The molecule has 1 aromatic carbocycles. The molecule has 1 aromatic heterocycles. The minimum Gasteiger partial charge on any atom is -0.478 e. The van der Waals surface area contributed by atoms with E-state index in [9.17, 15) is 9.59 Å². The molecular formula is C14H9BrClNO3S. The topological polar surface area (TPSA) is 66.4 Å². The molecule has 2 aromatic rings. The summed E-state index contributed by atoms with van der Waals surface area (Å²) < 4.78 is 1.31. The lowest BCUT2D eigenvalue weighted by Gasteiger charge is -2.07. The lowest BCUT2D eigenvalue weighted by atomic mass is 10.2. The minimum atomic E-state index is -1.10. The van der Waals surface area contributed by atoms with Gasteiger partial charge >= 0.3 is 5.97 Å². The number of aromatic carboxylic acids is 1. The van der Waals surface area contributed by atoms with Crippen molar-refractivity contribution >= 4 is 62.5 Å². The van der Waals surface area contributed by atoms with Crippen LogP contribution in [0.3, 0.4) is 0 Å². The van der Waals surface area contributed by atoms with E-state index in [0.717, 1.165) is 4.88 Å². The highest BCUT2D eigenvalue weighted by molar-refractivity contribution is 9.10. The second-order valence-corrected chi connectivity index (χ2v) is 6.62. The summed E-state index contributed by atoms with van der Waals surface area (Å²) in [5, 5.41) is 11.6. The molecule has 7 heteroatoms. The number of thiophene rings is 1. The van der Waals surface area contributed by atoms with E-state index in [0.29, 0.717) is 8.81 Å². The van der Waals surface area contributed by atoms with E-state index in [2.05, 4.69) is 21.2 Å². The Balaban J connectivity index is 2.14. The van der Waals surface area contributed by atoms with Gasteiger partial charge in [-0.25, -0.2) is 4.79 Å². The van der Waals surface area contributed by atoms with E-state index >= 15 is 0 Å². The van der Waals surface area contributed by atoms with Crippen LogP contribution in [0, 0.1) is 0 Å². The van der Waals surface area contributed by atoms with Crippen LogP contribution in [0.25, 0.3) is 6.08 Å². The van der Waals surface area contributed by atoms with Crippen LogP contribution in [0.5, 0.6) is 0 Å². The van der Waals surface area contributed by atoms with Gasteiger partial charge in [-0.05, 0) is 36.4 Å². The van der Waals surface area contributed by atoms with Crippen LogP contribution in [0.1, 0.15) is 15.2 Å². The third-order valence-corrected chi connectivity index (χ3v) is 4.15. The minimum absolute atomic E-state index is 0.0270. The Morgan fingerprint density at radius 1 is 1.29 bits per heavy atom. The number of carboxylic acids is 1. The Labute approximate surface area is 138 Å². The highest BCUT2D eigenvalue weighted by Gasteiger charge is 2.11. The van der Waals surface area contributed by atoms with Gasteiger partial charge in [0.2, 0.25) is 5.91 Å². The van der Waals surface area contributed by atoms with E-state index in [1.165, 1.54) is 29.5 Å². The van der Waals surface area contributed by atoms with Crippen molar-refractivity contribution in [2.45, 2.75) is 0 Å². The van der Waals surface area contributed by atoms with Crippen molar-refractivity contribution in [3.05, 3.63) is 55.7 Å². The molecule has 1 amide bonds. The zero-order chi connectivity index (χ0) is 15.4. The Bertz CT molecular complexity index is 727. The largest absolute Gasteiger partial charge is 0.478 e. The monoisotopic (exact) mass is 385 g/mol. The third-order valence-electron chi connectivity index (χ3n) is 2.46. The summed E-state index contributed by atoms with van der Waals surface area (Å²) in [6, 6.07) is 8.09. The van der Waals surface area contributed by atoms with Gasteiger partial charge in [0.05, 0.1) is 15.6 Å². The third kappa shape index (κ3) is 4.42. The predicted octanol–water partition coefficient (Wildman–Crippen LogP) is 4.51. The fraction of sp³-hybridized carbons (Fsp3) is 0. The Morgan fingerprint density at radius 2 is 2.05 bits per heavy atom. The van der Waals surface area contributed by atoms with Crippen LogP contribution < -0.4 is 5.32 Å². The van der Waals surface area contributed by atoms with Gasteiger partial charge in [-0.2, -0.15) is 0 Å². The fourth-order valence-electron chi connectivity index (χ4n) is 1.56. The zero-order valence-corrected chi connectivity index (χ0v) is 13.6. The molecule has 21 heavy (non-hydrogen) atoms. The van der Waals surface area contributed by atoms with Gasteiger partial charge in [-0.3, -0.25) is 4.79 Å². The molecule has 108 valence electrons. The van der Waals surface area contributed by atoms with Crippen molar-refractivity contribution < 1.29 is 14.7 Å². The molecule has 0 aliphatic carbocycles. The molecule has 0 aliphatic heterocycles. The molecular weight excluding hydrogens is 378 g/mol. The van der Waals surface area contributed by atoms with Gasteiger partial charge in [-0.1, -0.05) is 27.5 Å². The molecule has 4 nitrogen and oxygen atoms in total. The summed E-state index contributed by atoms with van der Waals surface area (Å²) in [7, 11) is 0. The molecule has 1 heterocycles. The molecule has 0 spiro atoms. The molecule has 0 fully saturated rings. The molecule has 0 saturated heterocycles. The molecule has 0 atom stereocenters. The van der Waals surface area contributed by atoms with Crippen LogP contribution in [-0.2, 0) is 4.79 Å². The second kappa shape index (κ2) is 6.89. The summed E-state index contributed by atoms with van der Waals surface area (Å²) in [6.45, 7) is 0. The Hall–Kier alpha value is -1.63. The number of hydrogen-bond acceptors (Lipinski definition) is 3. The van der Waals surface area contributed by atoms with Gasteiger partial charge in [0, 0.05) is 15.4 Å². The first-order valence-electron chi connectivity index (χ1n) is 5.73. The lowest BCUT2D eigenvalue weighted by molar-refractivity contribution is -0.111. The van der Waals surface area contributed by atoms with Crippen molar-refractivity contribution in [3.8, 4) is 0 Å². The number of halogens is 2. The SMILES string of the molecule is O=C(C=Cc1ccc(Cl)s1)Nc1cc(Br)ccc1C(=O)O. The van der Waals surface area contributed by atoms with Gasteiger partial charge in [0.1, 0.15) is 0 Å². The van der Waals surface area contributed by atoms with Gasteiger partial charge in [-0.15, -0.1) is 11.3 Å². The van der Waals surface area contributed by atoms with Crippen LogP contribution in [0.2, 0.25) is 4.34 Å². The highest BCUT2D eigenvalue weighted by atomic mass is 79.9. The van der Waals surface area contributed by atoms with Crippen molar-refractivity contribution in [2.75, 3.05) is 5.32 Å². The van der Waals surface area contributed by atoms with E-state index in [1.54, 1.807) is 24.3 Å². The number of carbonyl (C=O) groups is 2. The van der Waals surface area contributed by atoms with Crippen molar-refractivity contribution in [1.29, 1.82) is 0 Å². The predicted molar refractivity (Wildman–Crippen MR) is 88.1 cm³/mol. The molecule has 0 unspecified atom stereocenters. The lowest BCUT2D eigenvalue weighted by Crippen LogP contribution is -2.12. The van der Waals surface area contributed by atoms with Crippen molar-refractivity contribution in [1.82, 2.24) is 0 Å². The fourth-order valence-corrected chi connectivity index (χ4v) is 2.88. The highest BCUT2D eigenvalue weighted by Crippen LogP contribution is 2.23. The molecule has 0 bridgehead atoms. The number of carbonyl (C=O) groups excluding carboxylic acids is 1. The number of nitrogens with one attached hydrogen (secondary N) is 1. The number of hydrogen-bond donors (Lipinski definition) is 2. The van der Waals surface area contributed by atoms with Crippen LogP contribution >= 0.6 is 38.9 Å². The maximum Gasteiger partial charge on any atom is 0.337 e. The van der Waals surface area contributed by atoms with Crippen LogP contribution in [0.15, 0.2) is 40.9 Å². The number of carboxylic acid groups (broad SMARTS) is 1. The first kappa shape index (κ1) is 15.8. The van der Waals surface area contributed by atoms with E-state index < -0.39 is 11.9 Å². The summed E-state index contributed by atoms with van der Waals surface area (Å²) in [5.41, 5.74) is 0.259. The normalized spacial score (nSPS) is 10.8. The molecule has 0 saturated carbocycles. The molecule has 2 N–H and O–H groups in total. The van der Waals surface area contributed by atoms with Gasteiger partial charge < -0.3 is 10.4 Å². The Kier molecular flexibility index (Phi) is 5.17. The standard InChI is InChI=1S/C14H9BrClNO3S/c15-8-1-4-10(14(19)20)11(7-8)17-13(18)6-3-9-2-5-12(16)21-9/h1-7H,(H,17,18)(H,19,20). The van der Waals surface area contributed by atoms with Crippen LogP contribution in [0.4, 0.5) is 5.69 Å². The number of benzene rings is 1. The maximum absolute atomic E-state index is 11.8. The summed E-state index contributed by atoms with van der Waals surface area (Å²) in [5.74, 6) is -1.52. The molecule has 0 radical (unpaired) electrons. The van der Waals surface area contributed by atoms with E-state index in [-0.39, 0.29) is 11.3 Å². The molecule has 2 rings (SSSR count). The number of amides is 1. The summed E-state index contributed by atoms with van der Waals surface area (Å²) in [4.78, 5) is 23.8. The van der Waals surface area contributed by atoms with E-state index in [1.807, 2.05) is 0 Å². The number of anilines is 1. The zero-order valence-electron chi connectivity index (χ0n) is 10.5. The van der Waals surface area contributed by atoms with Gasteiger partial charge in [0.25, 0.3) is 0 Å². The van der Waals surface area contributed by atoms with E-state index in [4.69, 9.17) is 16.7 Å². The van der Waals surface area contributed by atoms with Crippen molar-refractivity contribution in [2.24, 2.45) is 0 Å². The smallest absolute Gasteiger partial charge is 0.337 e. The first-order valence-corrected chi connectivity index (χ1v) is 7.71. The number of rotatable bonds is 4. The van der Waals surface area contributed by atoms with Gasteiger partial charge in [0.15, 0.2) is 0 Å².